The molecule has 0 saturated carbocycles. The van der Waals surface area contributed by atoms with Crippen LogP contribution in [0.4, 0.5) is 4.79 Å². The monoisotopic (exact) mass is 404 g/mol. The first-order valence-corrected chi connectivity index (χ1v) is 10.6. The highest BCUT2D eigenvalue weighted by Gasteiger charge is 2.29. The van der Waals surface area contributed by atoms with Gasteiger partial charge in [-0.05, 0) is 45.8 Å². The van der Waals surface area contributed by atoms with Crippen molar-refractivity contribution in [2.24, 2.45) is 0 Å². The molecule has 2 amide bonds. The molecule has 152 valence electrons. The topological polar surface area (TPSA) is 66.0 Å². The molecular formula is C20H28N4O3S. The zero-order valence-corrected chi connectivity index (χ0v) is 17.4. The van der Waals surface area contributed by atoms with Gasteiger partial charge >= 0.3 is 6.09 Å². The van der Waals surface area contributed by atoms with Gasteiger partial charge in [0.25, 0.3) is 5.91 Å². The smallest absolute Gasteiger partial charge is 0.410 e. The lowest BCUT2D eigenvalue weighted by atomic mass is 9.98. The lowest BCUT2D eigenvalue weighted by Gasteiger charge is -2.34. The summed E-state index contributed by atoms with van der Waals surface area (Å²) < 4.78 is 4.98. The summed E-state index contributed by atoms with van der Waals surface area (Å²) >= 11 is 1.54. The predicted octanol–water partition coefficient (Wildman–Crippen LogP) is 2.26. The molecule has 1 aromatic heterocycles. The number of hydrogen-bond donors (Lipinski definition) is 0. The Bertz CT molecular complexity index is 728. The molecule has 3 rings (SSSR count). The van der Waals surface area contributed by atoms with E-state index >= 15 is 0 Å². The molecule has 2 fully saturated rings. The fourth-order valence-corrected chi connectivity index (χ4v) is 4.77. The largest absolute Gasteiger partial charge is 0.436 e. The van der Waals surface area contributed by atoms with E-state index in [0.29, 0.717) is 18.8 Å². The fraction of sp³-hybridized carbons (Fsp3) is 0.650. The number of hydrogen-bond acceptors (Lipinski definition) is 6. The van der Waals surface area contributed by atoms with E-state index < -0.39 is 0 Å². The number of terminal acetylenes is 1. The van der Waals surface area contributed by atoms with Crippen LogP contribution in [0.1, 0.15) is 47.1 Å². The van der Waals surface area contributed by atoms with E-state index in [1.54, 1.807) is 16.2 Å². The van der Waals surface area contributed by atoms with Crippen LogP contribution in [-0.4, -0.2) is 84.6 Å². The normalized spacial score (nSPS) is 19.2. The van der Waals surface area contributed by atoms with Gasteiger partial charge in [-0.3, -0.25) is 4.79 Å². The Balaban J connectivity index is 1.53. The summed E-state index contributed by atoms with van der Waals surface area (Å²) in [6, 6.07) is 0.283. The fourth-order valence-electron chi connectivity index (χ4n) is 3.81. The third kappa shape index (κ3) is 4.83. The summed E-state index contributed by atoms with van der Waals surface area (Å²) in [5.74, 6) is 2.59. The molecule has 0 radical (unpaired) electrons. The van der Waals surface area contributed by atoms with Gasteiger partial charge in [0.1, 0.15) is 5.69 Å². The summed E-state index contributed by atoms with van der Waals surface area (Å²) in [4.78, 5) is 35.2. The first-order chi connectivity index (χ1) is 13.5. The molecule has 0 spiro atoms. The van der Waals surface area contributed by atoms with Crippen molar-refractivity contribution in [1.29, 1.82) is 0 Å². The van der Waals surface area contributed by atoms with Gasteiger partial charge in [-0.1, -0.05) is 5.92 Å². The summed E-state index contributed by atoms with van der Waals surface area (Å²) in [6.45, 7) is 3.28. The average Bonchev–Trinajstić information content (AvgIpc) is 3.22. The van der Waals surface area contributed by atoms with Crippen LogP contribution in [0.25, 0.3) is 0 Å². The first kappa shape index (κ1) is 20.6. The summed E-state index contributed by atoms with van der Waals surface area (Å²) in [5, 5.41) is 2.85. The van der Waals surface area contributed by atoms with Crippen LogP contribution >= 0.6 is 11.3 Å². The molecular weight excluding hydrogens is 376 g/mol. The lowest BCUT2D eigenvalue weighted by molar-refractivity contribution is 0.0654. The second kappa shape index (κ2) is 9.39. The van der Waals surface area contributed by atoms with Crippen LogP contribution in [0.3, 0.4) is 0 Å². The lowest BCUT2D eigenvalue weighted by Crippen LogP contribution is -2.44. The van der Waals surface area contributed by atoms with Gasteiger partial charge in [-0.15, -0.1) is 17.8 Å². The molecule has 7 nitrogen and oxygen atoms in total. The van der Waals surface area contributed by atoms with Crippen molar-refractivity contribution < 1.29 is 14.3 Å². The maximum atomic E-state index is 12.8. The SMILES string of the molecule is C#CCOC(=O)N1CCC(c2nc(C(=O)N(C)C3CCN(C)CC3)cs2)CC1. The van der Waals surface area contributed by atoms with Gasteiger partial charge in [0.15, 0.2) is 6.61 Å². The summed E-state index contributed by atoms with van der Waals surface area (Å²) in [6.07, 6.45) is 8.41. The Kier molecular flexibility index (Phi) is 6.92. The first-order valence-electron chi connectivity index (χ1n) is 9.76. The molecule has 0 bridgehead atoms. The molecule has 8 heteroatoms. The third-order valence-electron chi connectivity index (χ3n) is 5.68. The van der Waals surface area contributed by atoms with Gasteiger partial charge in [-0.2, -0.15) is 0 Å². The summed E-state index contributed by atoms with van der Waals surface area (Å²) in [5.41, 5.74) is 0.539. The van der Waals surface area contributed by atoms with Crippen molar-refractivity contribution in [3.05, 3.63) is 16.1 Å². The minimum atomic E-state index is -0.355. The van der Waals surface area contributed by atoms with Gasteiger partial charge in [0.05, 0.1) is 5.01 Å². The van der Waals surface area contributed by atoms with E-state index in [2.05, 4.69) is 22.9 Å². The second-order valence-electron chi connectivity index (χ2n) is 7.54. The third-order valence-corrected chi connectivity index (χ3v) is 6.69. The van der Waals surface area contributed by atoms with Crippen LogP contribution in [0.5, 0.6) is 0 Å². The quantitative estimate of drug-likeness (QED) is 0.720. The van der Waals surface area contributed by atoms with Crippen molar-refractivity contribution >= 4 is 23.3 Å². The van der Waals surface area contributed by atoms with Crippen molar-refractivity contribution in [1.82, 2.24) is 19.7 Å². The van der Waals surface area contributed by atoms with Crippen LogP contribution in [0, 0.1) is 12.3 Å². The van der Waals surface area contributed by atoms with Crippen molar-refractivity contribution in [3.63, 3.8) is 0 Å². The highest BCUT2D eigenvalue weighted by Crippen LogP contribution is 2.31. The van der Waals surface area contributed by atoms with Gasteiger partial charge in [0, 0.05) is 37.5 Å². The summed E-state index contributed by atoms with van der Waals surface area (Å²) in [7, 11) is 4.00. The number of aromatic nitrogens is 1. The second-order valence-corrected chi connectivity index (χ2v) is 8.43. The standard InChI is InChI=1S/C20H28N4O3S/c1-4-13-27-20(26)24-11-5-15(6-12-24)18-21-17(14-28-18)19(25)23(3)16-7-9-22(2)10-8-16/h1,14-16H,5-13H2,2-3H3. The Hall–Kier alpha value is -2.11. The molecule has 3 heterocycles. The van der Waals surface area contributed by atoms with Crippen molar-refractivity contribution in [2.45, 2.75) is 37.6 Å². The molecule has 0 unspecified atom stereocenters. The Morgan fingerprint density at radius 3 is 2.61 bits per heavy atom. The van der Waals surface area contributed by atoms with Crippen LogP contribution in [-0.2, 0) is 4.74 Å². The van der Waals surface area contributed by atoms with E-state index in [1.165, 1.54) is 0 Å². The Labute approximate surface area is 170 Å². The number of piperidine rings is 2. The van der Waals surface area contributed by atoms with E-state index in [-0.39, 0.29) is 30.6 Å². The Morgan fingerprint density at radius 2 is 1.96 bits per heavy atom. The minimum Gasteiger partial charge on any atom is -0.436 e. The number of carbonyl (C=O) groups excluding carboxylic acids is 2. The van der Waals surface area contributed by atoms with Gasteiger partial charge in [0.2, 0.25) is 0 Å². The minimum absolute atomic E-state index is 0.00150. The molecule has 2 aliphatic rings. The number of likely N-dealkylation sites (tertiary alicyclic amines) is 2. The van der Waals surface area contributed by atoms with Crippen molar-refractivity contribution in [2.75, 3.05) is 46.9 Å². The Morgan fingerprint density at radius 1 is 1.29 bits per heavy atom. The van der Waals surface area contributed by atoms with Gasteiger partial charge in [-0.25, -0.2) is 9.78 Å². The van der Waals surface area contributed by atoms with E-state index in [1.807, 2.05) is 17.3 Å². The number of ether oxygens (including phenoxy) is 1. The van der Waals surface area contributed by atoms with Crippen LogP contribution in [0.2, 0.25) is 0 Å². The maximum absolute atomic E-state index is 12.8. The maximum Gasteiger partial charge on any atom is 0.410 e. The highest BCUT2D eigenvalue weighted by molar-refractivity contribution is 7.09. The van der Waals surface area contributed by atoms with Gasteiger partial charge < -0.3 is 19.4 Å². The van der Waals surface area contributed by atoms with Crippen LogP contribution < -0.4 is 0 Å². The predicted molar refractivity (Wildman–Crippen MR) is 108 cm³/mol. The van der Waals surface area contributed by atoms with E-state index in [0.717, 1.165) is 43.8 Å². The molecule has 0 N–H and O–H groups in total. The number of nitrogens with zero attached hydrogens (tertiary/aromatic N) is 4. The molecule has 28 heavy (non-hydrogen) atoms. The average molecular weight is 405 g/mol. The number of rotatable bonds is 4. The van der Waals surface area contributed by atoms with E-state index in [9.17, 15) is 9.59 Å². The molecule has 1 aromatic rings. The molecule has 2 aliphatic heterocycles. The molecule has 0 aromatic carbocycles. The zero-order chi connectivity index (χ0) is 20.1. The van der Waals surface area contributed by atoms with Crippen molar-refractivity contribution in [3.8, 4) is 12.3 Å². The molecule has 0 aliphatic carbocycles. The zero-order valence-electron chi connectivity index (χ0n) is 16.6. The van der Waals surface area contributed by atoms with E-state index in [4.69, 9.17) is 11.2 Å². The van der Waals surface area contributed by atoms with Crippen LogP contribution in [0.15, 0.2) is 5.38 Å². The number of amides is 2. The molecule has 0 atom stereocenters. The number of thiazole rings is 1. The highest BCUT2D eigenvalue weighted by atomic mass is 32.1. The molecule has 2 saturated heterocycles. The number of carbonyl (C=O) groups is 2.